The number of hydrogen-bond acceptors (Lipinski definition) is 4. The molecule has 0 saturated heterocycles. The molecule has 3 rings (SSSR count). The summed E-state index contributed by atoms with van der Waals surface area (Å²) in [6.45, 7) is 2.96. The Morgan fingerprint density at radius 2 is 1.96 bits per heavy atom. The minimum Gasteiger partial charge on any atom is -0.326 e. The van der Waals surface area contributed by atoms with E-state index < -0.39 is 0 Å². The normalized spacial score (nSPS) is 12.7. The number of carbonyl (C=O) groups excluding carboxylic acids is 2. The highest BCUT2D eigenvalue weighted by atomic mass is 35.5. The van der Waals surface area contributed by atoms with Crippen LogP contribution in [-0.2, 0) is 17.8 Å². The lowest BCUT2D eigenvalue weighted by Gasteiger charge is -2.13. The van der Waals surface area contributed by atoms with Gasteiger partial charge < -0.3 is 16.0 Å². The number of nitrogens with zero attached hydrogens (tertiary/aromatic N) is 1. The summed E-state index contributed by atoms with van der Waals surface area (Å²) in [5, 5.41) is 15.8. The lowest BCUT2D eigenvalue weighted by molar-refractivity contribution is -0.114. The number of anilines is 2. The molecule has 0 aliphatic carbocycles. The van der Waals surface area contributed by atoms with Crippen molar-refractivity contribution in [2.75, 3.05) is 17.2 Å². The van der Waals surface area contributed by atoms with Gasteiger partial charge in [-0.25, -0.2) is 0 Å². The van der Waals surface area contributed by atoms with Crippen LogP contribution in [0.15, 0.2) is 24.3 Å². The highest BCUT2D eigenvalue weighted by Gasteiger charge is 2.21. The Morgan fingerprint density at radius 3 is 2.70 bits per heavy atom. The molecule has 0 bridgehead atoms. The molecule has 1 aliphatic rings. The van der Waals surface area contributed by atoms with Crippen LogP contribution >= 0.6 is 12.4 Å². The van der Waals surface area contributed by atoms with E-state index in [9.17, 15) is 9.59 Å². The van der Waals surface area contributed by atoms with Gasteiger partial charge in [0.05, 0.1) is 0 Å². The average molecular weight is 336 g/mol. The number of rotatable bonds is 3. The first-order chi connectivity index (χ1) is 10.6. The summed E-state index contributed by atoms with van der Waals surface area (Å²) in [5.41, 5.74) is 3.58. The van der Waals surface area contributed by atoms with Crippen LogP contribution in [0.2, 0.25) is 0 Å². The minimum absolute atomic E-state index is 0. The molecule has 7 nitrogen and oxygen atoms in total. The standard InChI is InChI=1S/C15H17N5O2.ClH/c1-9(21)17-10-3-2-4-11(7-10)18-15(22)14-12-8-16-6-5-13(12)19-20-14;/h2-4,7,16H,5-6,8H2,1H3,(H,17,21)(H,18,22)(H,19,20);1H. The van der Waals surface area contributed by atoms with Crippen LogP contribution < -0.4 is 16.0 Å². The number of carbonyl (C=O) groups is 2. The SMILES string of the molecule is CC(=O)Nc1cccc(NC(=O)c2n[nH]c3c2CNCC3)c1.Cl. The first kappa shape index (κ1) is 17.0. The summed E-state index contributed by atoms with van der Waals surface area (Å²) >= 11 is 0. The lowest BCUT2D eigenvalue weighted by Crippen LogP contribution is -2.25. The molecule has 4 N–H and O–H groups in total. The third kappa shape index (κ3) is 3.88. The predicted molar refractivity (Wildman–Crippen MR) is 89.9 cm³/mol. The summed E-state index contributed by atoms with van der Waals surface area (Å²) in [5.74, 6) is -0.419. The maximum atomic E-state index is 12.4. The monoisotopic (exact) mass is 335 g/mol. The topological polar surface area (TPSA) is 98.9 Å². The van der Waals surface area contributed by atoms with Gasteiger partial charge in [-0.3, -0.25) is 14.7 Å². The number of fused-ring (bicyclic) bond motifs is 1. The van der Waals surface area contributed by atoms with Gasteiger partial charge in [-0.15, -0.1) is 12.4 Å². The van der Waals surface area contributed by atoms with Crippen molar-refractivity contribution >= 4 is 35.6 Å². The van der Waals surface area contributed by atoms with Crippen molar-refractivity contribution in [3.8, 4) is 0 Å². The second kappa shape index (κ2) is 7.26. The first-order valence-electron chi connectivity index (χ1n) is 7.09. The molecule has 2 heterocycles. The van der Waals surface area contributed by atoms with Crippen molar-refractivity contribution < 1.29 is 9.59 Å². The van der Waals surface area contributed by atoms with E-state index in [1.807, 2.05) is 0 Å². The number of nitrogens with one attached hydrogen (secondary N) is 4. The van der Waals surface area contributed by atoms with Gasteiger partial charge in [0.2, 0.25) is 5.91 Å². The van der Waals surface area contributed by atoms with E-state index in [4.69, 9.17) is 0 Å². The van der Waals surface area contributed by atoms with Gasteiger partial charge in [0.15, 0.2) is 5.69 Å². The molecular weight excluding hydrogens is 318 g/mol. The lowest BCUT2D eigenvalue weighted by atomic mass is 10.1. The molecular formula is C15H18ClN5O2. The van der Waals surface area contributed by atoms with Gasteiger partial charge in [0, 0.05) is 49.1 Å². The van der Waals surface area contributed by atoms with Crippen molar-refractivity contribution in [2.45, 2.75) is 19.9 Å². The number of amides is 2. The molecule has 0 unspecified atom stereocenters. The molecule has 0 atom stereocenters. The first-order valence-corrected chi connectivity index (χ1v) is 7.09. The van der Waals surface area contributed by atoms with Gasteiger partial charge in [-0.2, -0.15) is 5.10 Å². The van der Waals surface area contributed by atoms with Crippen LogP contribution in [0.4, 0.5) is 11.4 Å². The average Bonchev–Trinajstić information content (AvgIpc) is 2.91. The number of aromatic amines is 1. The second-order valence-electron chi connectivity index (χ2n) is 5.17. The zero-order chi connectivity index (χ0) is 15.5. The van der Waals surface area contributed by atoms with E-state index in [2.05, 4.69) is 26.1 Å². The maximum absolute atomic E-state index is 12.4. The smallest absolute Gasteiger partial charge is 0.276 e. The number of aromatic nitrogens is 2. The van der Waals surface area contributed by atoms with Crippen molar-refractivity contribution in [3.05, 3.63) is 41.2 Å². The molecule has 0 saturated carbocycles. The largest absolute Gasteiger partial charge is 0.326 e. The van der Waals surface area contributed by atoms with Crippen molar-refractivity contribution in [1.29, 1.82) is 0 Å². The Kier molecular flexibility index (Phi) is 5.36. The second-order valence-corrected chi connectivity index (χ2v) is 5.17. The fourth-order valence-corrected chi connectivity index (χ4v) is 2.48. The predicted octanol–water partition coefficient (Wildman–Crippen LogP) is 1.69. The third-order valence-corrected chi connectivity index (χ3v) is 3.46. The molecule has 1 aromatic carbocycles. The summed E-state index contributed by atoms with van der Waals surface area (Å²) in [6.07, 6.45) is 0.841. The zero-order valence-electron chi connectivity index (χ0n) is 12.6. The molecule has 1 aliphatic heterocycles. The van der Waals surface area contributed by atoms with Gasteiger partial charge in [0.1, 0.15) is 0 Å². The molecule has 8 heteroatoms. The Morgan fingerprint density at radius 1 is 1.22 bits per heavy atom. The molecule has 1 aromatic heterocycles. The third-order valence-electron chi connectivity index (χ3n) is 3.46. The summed E-state index contributed by atoms with van der Waals surface area (Å²) in [6, 6.07) is 7.00. The van der Waals surface area contributed by atoms with Crippen LogP contribution in [0.3, 0.4) is 0 Å². The van der Waals surface area contributed by atoms with Crippen molar-refractivity contribution in [2.24, 2.45) is 0 Å². The molecule has 2 aromatic rings. The Bertz CT molecular complexity index is 728. The molecule has 122 valence electrons. The summed E-state index contributed by atoms with van der Waals surface area (Å²) in [7, 11) is 0. The number of H-pyrrole nitrogens is 1. The van der Waals surface area contributed by atoms with Crippen LogP contribution in [0.25, 0.3) is 0 Å². The molecule has 2 amide bonds. The highest BCUT2D eigenvalue weighted by Crippen LogP contribution is 2.19. The van der Waals surface area contributed by atoms with E-state index in [0.717, 1.165) is 24.2 Å². The highest BCUT2D eigenvalue weighted by molar-refractivity contribution is 6.04. The van der Waals surface area contributed by atoms with Crippen LogP contribution in [0.1, 0.15) is 28.7 Å². The molecule has 0 spiro atoms. The Labute approximate surface area is 139 Å². The quantitative estimate of drug-likeness (QED) is 0.686. The molecule has 23 heavy (non-hydrogen) atoms. The number of benzene rings is 1. The summed E-state index contributed by atoms with van der Waals surface area (Å²) in [4.78, 5) is 23.4. The zero-order valence-corrected chi connectivity index (χ0v) is 13.4. The summed E-state index contributed by atoms with van der Waals surface area (Å²) < 4.78 is 0. The van der Waals surface area contributed by atoms with Gasteiger partial charge >= 0.3 is 0 Å². The Balaban J connectivity index is 0.00000192. The number of hydrogen-bond donors (Lipinski definition) is 4. The van der Waals surface area contributed by atoms with Crippen LogP contribution in [0.5, 0.6) is 0 Å². The Hall–Kier alpha value is -2.38. The van der Waals surface area contributed by atoms with E-state index in [1.165, 1.54) is 6.92 Å². The maximum Gasteiger partial charge on any atom is 0.276 e. The fraction of sp³-hybridized carbons (Fsp3) is 0.267. The minimum atomic E-state index is -0.263. The molecule has 0 radical (unpaired) electrons. The van der Waals surface area contributed by atoms with Gasteiger partial charge in [0.25, 0.3) is 5.91 Å². The van der Waals surface area contributed by atoms with E-state index >= 15 is 0 Å². The molecule has 0 fully saturated rings. The van der Waals surface area contributed by atoms with Crippen molar-refractivity contribution in [1.82, 2.24) is 15.5 Å². The van der Waals surface area contributed by atoms with Crippen LogP contribution in [0, 0.1) is 0 Å². The van der Waals surface area contributed by atoms with Gasteiger partial charge in [-0.05, 0) is 18.2 Å². The van der Waals surface area contributed by atoms with E-state index in [1.54, 1.807) is 24.3 Å². The van der Waals surface area contributed by atoms with E-state index in [-0.39, 0.29) is 24.2 Å². The van der Waals surface area contributed by atoms with Crippen molar-refractivity contribution in [3.63, 3.8) is 0 Å². The number of halogens is 1. The van der Waals surface area contributed by atoms with Gasteiger partial charge in [-0.1, -0.05) is 6.07 Å². The fourth-order valence-electron chi connectivity index (χ4n) is 2.48. The van der Waals surface area contributed by atoms with E-state index in [0.29, 0.717) is 23.6 Å². The van der Waals surface area contributed by atoms with Crippen LogP contribution in [-0.4, -0.2) is 28.6 Å².